The van der Waals surface area contributed by atoms with Gasteiger partial charge in [0.15, 0.2) is 0 Å². The third-order valence-corrected chi connectivity index (χ3v) is 2.62. The fraction of sp³-hybridized carbons (Fsp3) is 0.333. The molecule has 0 spiro atoms. The SMILES string of the molecule is CCn1ccc(CNC(=O)c2ccn(CC(=O)O)n2)n1. The van der Waals surface area contributed by atoms with E-state index in [1.807, 2.05) is 19.2 Å². The average molecular weight is 277 g/mol. The number of nitrogens with zero attached hydrogens (tertiary/aromatic N) is 4. The fourth-order valence-corrected chi connectivity index (χ4v) is 1.64. The van der Waals surface area contributed by atoms with Gasteiger partial charge in [-0.25, -0.2) is 0 Å². The van der Waals surface area contributed by atoms with Crippen LogP contribution < -0.4 is 5.32 Å². The number of carbonyl (C=O) groups is 2. The molecule has 0 bridgehead atoms. The first-order valence-corrected chi connectivity index (χ1v) is 6.14. The molecule has 20 heavy (non-hydrogen) atoms. The van der Waals surface area contributed by atoms with Gasteiger partial charge >= 0.3 is 5.97 Å². The lowest BCUT2D eigenvalue weighted by Crippen LogP contribution is -2.24. The third-order valence-electron chi connectivity index (χ3n) is 2.62. The van der Waals surface area contributed by atoms with E-state index in [9.17, 15) is 9.59 Å². The maximum atomic E-state index is 11.8. The van der Waals surface area contributed by atoms with Crippen molar-refractivity contribution in [3.8, 4) is 0 Å². The Balaban J connectivity index is 1.91. The molecule has 0 aromatic carbocycles. The minimum atomic E-state index is -1.01. The van der Waals surface area contributed by atoms with Crippen molar-refractivity contribution < 1.29 is 14.7 Å². The van der Waals surface area contributed by atoms with Crippen molar-refractivity contribution in [2.45, 2.75) is 26.6 Å². The second kappa shape index (κ2) is 6.00. The summed E-state index contributed by atoms with van der Waals surface area (Å²) in [4.78, 5) is 22.3. The zero-order chi connectivity index (χ0) is 14.5. The largest absolute Gasteiger partial charge is 0.480 e. The van der Waals surface area contributed by atoms with Gasteiger partial charge in [-0.3, -0.25) is 19.0 Å². The van der Waals surface area contributed by atoms with Crippen LogP contribution in [0.3, 0.4) is 0 Å². The van der Waals surface area contributed by atoms with Crippen molar-refractivity contribution in [3.05, 3.63) is 35.9 Å². The van der Waals surface area contributed by atoms with Crippen LogP contribution in [0.5, 0.6) is 0 Å². The van der Waals surface area contributed by atoms with Gasteiger partial charge in [-0.2, -0.15) is 10.2 Å². The molecule has 8 heteroatoms. The Bertz CT molecular complexity index is 616. The van der Waals surface area contributed by atoms with E-state index >= 15 is 0 Å². The van der Waals surface area contributed by atoms with E-state index in [4.69, 9.17) is 5.11 Å². The van der Waals surface area contributed by atoms with Crippen molar-refractivity contribution in [1.29, 1.82) is 0 Å². The highest BCUT2D eigenvalue weighted by Crippen LogP contribution is 1.99. The lowest BCUT2D eigenvalue weighted by atomic mass is 10.4. The molecular weight excluding hydrogens is 262 g/mol. The van der Waals surface area contributed by atoms with Crippen LogP contribution in [-0.2, 0) is 24.4 Å². The summed E-state index contributed by atoms with van der Waals surface area (Å²) < 4.78 is 2.96. The molecule has 2 aromatic heterocycles. The molecular formula is C12H15N5O3. The molecule has 0 aliphatic rings. The second-order valence-corrected chi connectivity index (χ2v) is 4.14. The number of amides is 1. The van der Waals surface area contributed by atoms with Gasteiger partial charge in [0, 0.05) is 18.9 Å². The Kier molecular flexibility index (Phi) is 4.14. The number of hydrogen-bond acceptors (Lipinski definition) is 4. The number of carbonyl (C=O) groups excluding carboxylic acids is 1. The quantitative estimate of drug-likeness (QED) is 0.780. The summed E-state index contributed by atoms with van der Waals surface area (Å²) in [6, 6.07) is 3.30. The van der Waals surface area contributed by atoms with Gasteiger partial charge in [0.25, 0.3) is 5.91 Å². The van der Waals surface area contributed by atoms with Crippen LogP contribution in [0.2, 0.25) is 0 Å². The van der Waals surface area contributed by atoms with E-state index in [0.717, 1.165) is 12.2 Å². The Morgan fingerprint density at radius 3 is 2.65 bits per heavy atom. The third kappa shape index (κ3) is 3.44. The fourth-order valence-electron chi connectivity index (χ4n) is 1.64. The minimum absolute atomic E-state index is 0.182. The van der Waals surface area contributed by atoms with Crippen LogP contribution in [0.15, 0.2) is 24.5 Å². The maximum absolute atomic E-state index is 11.8. The zero-order valence-electron chi connectivity index (χ0n) is 11.0. The normalized spacial score (nSPS) is 10.4. The van der Waals surface area contributed by atoms with Crippen molar-refractivity contribution in [2.75, 3.05) is 0 Å². The van der Waals surface area contributed by atoms with Crippen molar-refractivity contribution in [2.24, 2.45) is 0 Å². The summed E-state index contributed by atoms with van der Waals surface area (Å²) in [6.07, 6.45) is 3.29. The predicted molar refractivity (Wildman–Crippen MR) is 68.9 cm³/mol. The number of aliphatic carboxylic acids is 1. The van der Waals surface area contributed by atoms with Gasteiger partial charge in [0.05, 0.1) is 12.2 Å². The number of aromatic nitrogens is 4. The Labute approximate surface area is 115 Å². The van der Waals surface area contributed by atoms with Crippen LogP contribution in [0.25, 0.3) is 0 Å². The molecule has 106 valence electrons. The number of rotatable bonds is 6. The van der Waals surface area contributed by atoms with Gasteiger partial charge in [0.2, 0.25) is 0 Å². The summed E-state index contributed by atoms with van der Waals surface area (Å²) in [7, 11) is 0. The van der Waals surface area contributed by atoms with E-state index in [1.165, 1.54) is 16.9 Å². The van der Waals surface area contributed by atoms with Gasteiger partial charge in [-0.05, 0) is 19.1 Å². The van der Waals surface area contributed by atoms with E-state index in [-0.39, 0.29) is 18.1 Å². The van der Waals surface area contributed by atoms with Crippen molar-refractivity contribution in [1.82, 2.24) is 24.9 Å². The Morgan fingerprint density at radius 2 is 2.00 bits per heavy atom. The minimum Gasteiger partial charge on any atom is -0.480 e. The number of aryl methyl sites for hydroxylation is 1. The molecule has 0 radical (unpaired) electrons. The molecule has 0 unspecified atom stereocenters. The summed E-state index contributed by atoms with van der Waals surface area (Å²) in [5.74, 6) is -1.37. The molecule has 0 fully saturated rings. The summed E-state index contributed by atoms with van der Waals surface area (Å²) >= 11 is 0. The standard InChI is InChI=1S/C12H15N5O3/c1-2-16-5-3-9(14-16)7-13-12(20)10-4-6-17(15-10)8-11(18)19/h3-6H,2,7-8H2,1H3,(H,13,20)(H,18,19). The zero-order valence-corrected chi connectivity index (χ0v) is 11.0. The molecule has 2 heterocycles. The van der Waals surface area contributed by atoms with Crippen LogP contribution in [-0.4, -0.2) is 36.5 Å². The van der Waals surface area contributed by atoms with Crippen LogP contribution in [0.4, 0.5) is 0 Å². The molecule has 0 saturated carbocycles. The highest BCUT2D eigenvalue weighted by atomic mass is 16.4. The molecule has 1 amide bonds. The van der Waals surface area contributed by atoms with Gasteiger partial charge < -0.3 is 10.4 Å². The molecule has 2 aromatic rings. The molecule has 0 aliphatic heterocycles. The number of nitrogens with one attached hydrogen (secondary N) is 1. The topological polar surface area (TPSA) is 102 Å². The van der Waals surface area contributed by atoms with Gasteiger partial charge in [-0.15, -0.1) is 0 Å². The molecule has 2 rings (SSSR count). The molecule has 0 saturated heterocycles. The first-order valence-electron chi connectivity index (χ1n) is 6.14. The maximum Gasteiger partial charge on any atom is 0.325 e. The predicted octanol–water partition coefficient (Wildman–Crippen LogP) is 0.114. The molecule has 8 nitrogen and oxygen atoms in total. The van der Waals surface area contributed by atoms with E-state index < -0.39 is 5.97 Å². The summed E-state index contributed by atoms with van der Waals surface area (Å²) in [5, 5.41) is 19.4. The van der Waals surface area contributed by atoms with Gasteiger partial charge in [-0.1, -0.05) is 0 Å². The molecule has 0 aliphatic carbocycles. The van der Waals surface area contributed by atoms with Crippen LogP contribution in [0.1, 0.15) is 23.1 Å². The van der Waals surface area contributed by atoms with Crippen molar-refractivity contribution in [3.63, 3.8) is 0 Å². The van der Waals surface area contributed by atoms with E-state index in [2.05, 4.69) is 15.5 Å². The smallest absolute Gasteiger partial charge is 0.325 e. The number of hydrogen-bond donors (Lipinski definition) is 2. The Hall–Kier alpha value is -2.64. The highest BCUT2D eigenvalue weighted by Gasteiger charge is 2.11. The van der Waals surface area contributed by atoms with Crippen LogP contribution >= 0.6 is 0 Å². The van der Waals surface area contributed by atoms with E-state index in [1.54, 1.807) is 4.68 Å². The van der Waals surface area contributed by atoms with Crippen molar-refractivity contribution >= 4 is 11.9 Å². The Morgan fingerprint density at radius 1 is 1.25 bits per heavy atom. The number of carboxylic acid groups (broad SMARTS) is 1. The monoisotopic (exact) mass is 277 g/mol. The lowest BCUT2D eigenvalue weighted by Gasteiger charge is -2.00. The summed E-state index contributed by atoms with van der Waals surface area (Å²) in [5.41, 5.74) is 0.936. The van der Waals surface area contributed by atoms with E-state index in [0.29, 0.717) is 6.54 Å². The average Bonchev–Trinajstić information content (AvgIpc) is 3.04. The van der Waals surface area contributed by atoms with Gasteiger partial charge in [0.1, 0.15) is 12.2 Å². The molecule has 0 atom stereocenters. The highest BCUT2D eigenvalue weighted by molar-refractivity contribution is 5.92. The first-order chi connectivity index (χ1) is 9.58. The number of carboxylic acids is 1. The van der Waals surface area contributed by atoms with Crippen LogP contribution in [0, 0.1) is 0 Å². The lowest BCUT2D eigenvalue weighted by molar-refractivity contribution is -0.137. The molecule has 2 N–H and O–H groups in total. The first kappa shape index (κ1) is 13.8. The summed E-state index contributed by atoms with van der Waals surface area (Å²) in [6.45, 7) is 2.78. The second-order valence-electron chi connectivity index (χ2n) is 4.14.